The zero-order valence-electron chi connectivity index (χ0n) is 14.4. The van der Waals surface area contributed by atoms with E-state index in [0.717, 1.165) is 50.0 Å². The highest BCUT2D eigenvalue weighted by Gasteiger charge is 2.20. The van der Waals surface area contributed by atoms with E-state index in [9.17, 15) is 0 Å². The predicted octanol–water partition coefficient (Wildman–Crippen LogP) is 3.71. The third-order valence-corrected chi connectivity index (χ3v) is 5.04. The van der Waals surface area contributed by atoms with Gasteiger partial charge >= 0.3 is 0 Å². The summed E-state index contributed by atoms with van der Waals surface area (Å²) in [6.07, 6.45) is 1.08. The number of halogens is 2. The van der Waals surface area contributed by atoms with Gasteiger partial charge in [0.25, 0.3) is 0 Å². The molecule has 3 nitrogen and oxygen atoms in total. The van der Waals surface area contributed by atoms with Crippen LogP contribution in [0.3, 0.4) is 0 Å². The van der Waals surface area contributed by atoms with Gasteiger partial charge in [-0.25, -0.2) is 0 Å². The summed E-state index contributed by atoms with van der Waals surface area (Å²) < 4.78 is 0. The molecule has 1 fully saturated rings. The van der Waals surface area contributed by atoms with Gasteiger partial charge in [0.15, 0.2) is 0 Å². The molecule has 1 saturated heterocycles. The first-order valence-electron chi connectivity index (χ1n) is 8.27. The van der Waals surface area contributed by atoms with Crippen molar-refractivity contribution in [1.82, 2.24) is 9.80 Å². The van der Waals surface area contributed by atoms with Crippen molar-refractivity contribution in [2.24, 2.45) is 10.9 Å². The highest BCUT2D eigenvalue weighted by molar-refractivity contribution is 6.30. The topological polar surface area (TPSA) is 18.8 Å². The quantitative estimate of drug-likeness (QED) is 0.455. The van der Waals surface area contributed by atoms with Crippen molar-refractivity contribution < 1.29 is 0 Å². The maximum atomic E-state index is 6.13. The monoisotopic (exact) mass is 355 g/mol. The van der Waals surface area contributed by atoms with Gasteiger partial charge in [0.05, 0.1) is 5.88 Å². The zero-order valence-corrected chi connectivity index (χ0v) is 15.9. The van der Waals surface area contributed by atoms with Crippen molar-refractivity contribution in [2.75, 3.05) is 45.7 Å². The largest absolute Gasteiger partial charge is 0.357 e. The van der Waals surface area contributed by atoms with E-state index < -0.39 is 0 Å². The van der Waals surface area contributed by atoms with Gasteiger partial charge in [0.2, 0.25) is 0 Å². The van der Waals surface area contributed by atoms with Gasteiger partial charge in [0, 0.05) is 44.8 Å². The lowest BCUT2D eigenvalue weighted by atomic mass is 9.97. The second-order valence-corrected chi connectivity index (χ2v) is 7.14. The number of hydrogen-bond acceptors (Lipinski definition) is 2. The molecule has 1 aromatic rings. The summed E-state index contributed by atoms with van der Waals surface area (Å²) >= 11 is 12.1. The molecule has 1 heterocycles. The SMILES string of the molecule is C/N=C(/CCl)N1CCN(CC(C)Cc2cc(Cl)ccc2C)CC1. The molecule has 0 bridgehead atoms. The van der Waals surface area contributed by atoms with Crippen LogP contribution in [-0.2, 0) is 6.42 Å². The van der Waals surface area contributed by atoms with E-state index in [4.69, 9.17) is 23.2 Å². The van der Waals surface area contributed by atoms with Crippen molar-refractivity contribution in [1.29, 1.82) is 0 Å². The number of nitrogens with zero attached hydrogens (tertiary/aromatic N) is 3. The summed E-state index contributed by atoms with van der Waals surface area (Å²) in [5.74, 6) is 2.13. The molecule has 0 spiro atoms. The summed E-state index contributed by atoms with van der Waals surface area (Å²) in [4.78, 5) is 9.11. The van der Waals surface area contributed by atoms with Crippen molar-refractivity contribution in [3.8, 4) is 0 Å². The summed E-state index contributed by atoms with van der Waals surface area (Å²) in [5.41, 5.74) is 2.70. The Kier molecular flexibility index (Phi) is 7.19. The summed E-state index contributed by atoms with van der Waals surface area (Å²) in [5, 5.41) is 0.832. The van der Waals surface area contributed by atoms with Crippen molar-refractivity contribution >= 4 is 29.0 Å². The number of benzene rings is 1. The van der Waals surface area contributed by atoms with Crippen molar-refractivity contribution in [3.05, 3.63) is 34.3 Å². The maximum absolute atomic E-state index is 6.13. The molecule has 128 valence electrons. The number of aliphatic imine (C=N–C) groups is 1. The van der Waals surface area contributed by atoms with Gasteiger partial charge in [-0.15, -0.1) is 11.6 Å². The molecule has 1 aromatic carbocycles. The van der Waals surface area contributed by atoms with Gasteiger partial charge < -0.3 is 4.90 Å². The molecule has 0 aromatic heterocycles. The molecule has 1 unspecified atom stereocenters. The third-order valence-electron chi connectivity index (χ3n) is 4.56. The van der Waals surface area contributed by atoms with Crippen LogP contribution in [0.1, 0.15) is 18.1 Å². The Morgan fingerprint density at radius 2 is 1.96 bits per heavy atom. The molecule has 0 aliphatic carbocycles. The second kappa shape index (κ2) is 8.91. The first kappa shape index (κ1) is 18.6. The van der Waals surface area contributed by atoms with E-state index >= 15 is 0 Å². The molecule has 0 N–H and O–H groups in total. The van der Waals surface area contributed by atoms with Crippen LogP contribution < -0.4 is 0 Å². The molecular weight excluding hydrogens is 329 g/mol. The van der Waals surface area contributed by atoms with Crippen LogP contribution in [0.4, 0.5) is 0 Å². The van der Waals surface area contributed by atoms with Gasteiger partial charge in [0.1, 0.15) is 5.84 Å². The van der Waals surface area contributed by atoms with Crippen molar-refractivity contribution in [3.63, 3.8) is 0 Å². The fourth-order valence-corrected chi connectivity index (χ4v) is 3.70. The summed E-state index contributed by atoms with van der Waals surface area (Å²) in [6.45, 7) is 9.80. The molecule has 23 heavy (non-hydrogen) atoms. The average Bonchev–Trinajstić information content (AvgIpc) is 2.53. The Bertz CT molecular complexity index is 537. The minimum atomic E-state index is 0.501. The zero-order chi connectivity index (χ0) is 16.8. The minimum absolute atomic E-state index is 0.501. The van der Waals surface area contributed by atoms with Crippen LogP contribution >= 0.6 is 23.2 Å². The molecule has 1 aliphatic heterocycles. The molecule has 5 heteroatoms. The molecule has 0 saturated carbocycles. The Morgan fingerprint density at radius 3 is 2.57 bits per heavy atom. The second-order valence-electron chi connectivity index (χ2n) is 6.44. The molecule has 0 amide bonds. The van der Waals surface area contributed by atoms with Gasteiger partial charge in [-0.3, -0.25) is 9.89 Å². The summed E-state index contributed by atoms with van der Waals surface area (Å²) in [7, 11) is 1.82. The molecule has 2 rings (SSSR count). The summed E-state index contributed by atoms with van der Waals surface area (Å²) in [6, 6.07) is 6.19. The predicted molar refractivity (Wildman–Crippen MR) is 101 cm³/mol. The fourth-order valence-electron chi connectivity index (χ4n) is 3.21. The lowest BCUT2D eigenvalue weighted by molar-refractivity contribution is 0.162. The Labute approximate surface area is 150 Å². The smallest absolute Gasteiger partial charge is 0.114 e. The van der Waals surface area contributed by atoms with Gasteiger partial charge in [-0.2, -0.15) is 0 Å². The number of aryl methyl sites for hydroxylation is 1. The number of amidine groups is 1. The maximum Gasteiger partial charge on any atom is 0.114 e. The van der Waals surface area contributed by atoms with E-state index in [1.54, 1.807) is 0 Å². The Hall–Kier alpha value is -0.770. The van der Waals surface area contributed by atoms with Crippen LogP contribution in [-0.4, -0.2) is 61.3 Å². The lowest BCUT2D eigenvalue weighted by Crippen LogP contribution is -2.50. The highest BCUT2D eigenvalue weighted by Crippen LogP contribution is 2.19. The Morgan fingerprint density at radius 1 is 1.26 bits per heavy atom. The van der Waals surface area contributed by atoms with E-state index in [0.29, 0.717) is 11.8 Å². The van der Waals surface area contributed by atoms with Crippen LogP contribution in [0.15, 0.2) is 23.2 Å². The standard InChI is InChI=1S/C18H27Cl2N3/c1-14(10-16-11-17(20)5-4-15(16)2)13-22-6-8-23(9-7-22)18(12-19)21-3/h4-5,11,14H,6-10,12-13H2,1-3H3/b21-18-. The van der Waals surface area contributed by atoms with E-state index in [-0.39, 0.29) is 0 Å². The minimum Gasteiger partial charge on any atom is -0.357 e. The molecule has 1 aliphatic rings. The van der Waals surface area contributed by atoms with Crippen LogP contribution in [0.5, 0.6) is 0 Å². The first-order valence-corrected chi connectivity index (χ1v) is 9.18. The number of piperazine rings is 1. The van der Waals surface area contributed by atoms with Crippen LogP contribution in [0.25, 0.3) is 0 Å². The van der Waals surface area contributed by atoms with Crippen molar-refractivity contribution in [2.45, 2.75) is 20.3 Å². The molecular formula is C18H27Cl2N3. The van der Waals surface area contributed by atoms with E-state index in [2.05, 4.69) is 40.8 Å². The number of rotatable bonds is 5. The average molecular weight is 356 g/mol. The molecule has 1 atom stereocenters. The van der Waals surface area contributed by atoms with Gasteiger partial charge in [-0.1, -0.05) is 24.6 Å². The number of hydrogen-bond donors (Lipinski definition) is 0. The van der Waals surface area contributed by atoms with Crippen LogP contribution in [0, 0.1) is 12.8 Å². The normalized spacial score (nSPS) is 18.3. The fraction of sp³-hybridized carbons (Fsp3) is 0.611. The first-order chi connectivity index (χ1) is 11.0. The Balaban J connectivity index is 1.83. The van der Waals surface area contributed by atoms with E-state index in [1.807, 2.05) is 13.1 Å². The lowest BCUT2D eigenvalue weighted by Gasteiger charge is -2.37. The molecule has 0 radical (unpaired) electrons. The highest BCUT2D eigenvalue weighted by atomic mass is 35.5. The van der Waals surface area contributed by atoms with Gasteiger partial charge in [-0.05, 0) is 42.5 Å². The number of alkyl halides is 1. The third kappa shape index (κ3) is 5.37. The van der Waals surface area contributed by atoms with Crippen LogP contribution in [0.2, 0.25) is 5.02 Å². The van der Waals surface area contributed by atoms with E-state index in [1.165, 1.54) is 11.1 Å².